The Morgan fingerprint density at radius 1 is 1.40 bits per heavy atom. The Kier molecular flexibility index (Phi) is 5.03. The van der Waals surface area contributed by atoms with Crippen molar-refractivity contribution in [2.75, 3.05) is 25.6 Å². The van der Waals surface area contributed by atoms with Crippen LogP contribution in [0.3, 0.4) is 0 Å². The lowest BCUT2D eigenvalue weighted by Gasteiger charge is -2.06. The van der Waals surface area contributed by atoms with Gasteiger partial charge in [-0.25, -0.2) is 9.97 Å². The van der Waals surface area contributed by atoms with Crippen LogP contribution in [0.5, 0.6) is 5.88 Å². The van der Waals surface area contributed by atoms with Gasteiger partial charge in [-0.05, 0) is 13.0 Å². The van der Waals surface area contributed by atoms with Gasteiger partial charge in [0, 0.05) is 36.0 Å². The van der Waals surface area contributed by atoms with E-state index in [0.29, 0.717) is 29.8 Å². The Hall–Kier alpha value is -1.99. The van der Waals surface area contributed by atoms with Gasteiger partial charge in [0.15, 0.2) is 5.13 Å². The molecule has 20 heavy (non-hydrogen) atoms. The molecule has 0 saturated heterocycles. The number of carbonyl (C=O) groups excluding carboxylic acids is 1. The SMILES string of the molecule is COCCOc1cc(C(=O)Nc2ncc(C)s2)ccn1. The van der Waals surface area contributed by atoms with Gasteiger partial charge in [0.05, 0.1) is 6.61 Å². The maximum atomic E-state index is 12.1. The van der Waals surface area contributed by atoms with Crippen molar-refractivity contribution in [3.8, 4) is 5.88 Å². The number of anilines is 1. The molecule has 1 amide bonds. The van der Waals surface area contributed by atoms with Crippen molar-refractivity contribution >= 4 is 22.4 Å². The van der Waals surface area contributed by atoms with Gasteiger partial charge in [0.1, 0.15) is 6.61 Å². The van der Waals surface area contributed by atoms with Crippen LogP contribution in [-0.4, -0.2) is 36.2 Å². The Morgan fingerprint density at radius 3 is 2.95 bits per heavy atom. The number of nitrogens with one attached hydrogen (secondary N) is 1. The molecule has 1 N–H and O–H groups in total. The molecular weight excluding hydrogens is 278 g/mol. The van der Waals surface area contributed by atoms with Gasteiger partial charge in [-0.3, -0.25) is 10.1 Å². The van der Waals surface area contributed by atoms with Crippen LogP contribution in [0.25, 0.3) is 0 Å². The highest BCUT2D eigenvalue weighted by Crippen LogP contribution is 2.18. The quantitative estimate of drug-likeness (QED) is 0.826. The van der Waals surface area contributed by atoms with Crippen molar-refractivity contribution in [2.24, 2.45) is 0 Å². The molecule has 2 aromatic heterocycles. The fraction of sp³-hybridized carbons (Fsp3) is 0.308. The lowest BCUT2D eigenvalue weighted by Crippen LogP contribution is -2.12. The molecule has 0 bridgehead atoms. The third-order valence-electron chi connectivity index (χ3n) is 2.38. The molecule has 6 nitrogen and oxygen atoms in total. The summed E-state index contributed by atoms with van der Waals surface area (Å²) < 4.78 is 10.2. The Labute approximate surface area is 120 Å². The van der Waals surface area contributed by atoms with E-state index in [0.717, 1.165) is 4.88 Å². The van der Waals surface area contributed by atoms with E-state index in [2.05, 4.69) is 15.3 Å². The predicted octanol–water partition coefficient (Wildman–Crippen LogP) is 2.12. The fourth-order valence-electron chi connectivity index (χ4n) is 1.44. The molecule has 2 heterocycles. The molecule has 0 aliphatic carbocycles. The second-order valence-electron chi connectivity index (χ2n) is 3.95. The van der Waals surface area contributed by atoms with Gasteiger partial charge in [-0.1, -0.05) is 0 Å². The third-order valence-corrected chi connectivity index (χ3v) is 3.20. The third kappa shape index (κ3) is 4.01. The van der Waals surface area contributed by atoms with Crippen LogP contribution in [0.1, 0.15) is 15.2 Å². The zero-order chi connectivity index (χ0) is 14.4. The van der Waals surface area contributed by atoms with Crippen LogP contribution >= 0.6 is 11.3 Å². The monoisotopic (exact) mass is 293 g/mol. The highest BCUT2D eigenvalue weighted by Gasteiger charge is 2.09. The van der Waals surface area contributed by atoms with Crippen LogP contribution in [0.15, 0.2) is 24.5 Å². The summed E-state index contributed by atoms with van der Waals surface area (Å²) in [7, 11) is 1.59. The highest BCUT2D eigenvalue weighted by molar-refractivity contribution is 7.15. The van der Waals surface area contributed by atoms with E-state index in [-0.39, 0.29) is 5.91 Å². The number of hydrogen-bond acceptors (Lipinski definition) is 6. The molecule has 0 aliphatic rings. The van der Waals surface area contributed by atoms with Crippen LogP contribution in [-0.2, 0) is 4.74 Å². The first kappa shape index (κ1) is 14.4. The zero-order valence-electron chi connectivity index (χ0n) is 11.3. The number of pyridine rings is 1. The summed E-state index contributed by atoms with van der Waals surface area (Å²) in [5.41, 5.74) is 0.472. The van der Waals surface area contributed by atoms with Gasteiger partial charge in [0.2, 0.25) is 5.88 Å². The number of aromatic nitrogens is 2. The minimum absolute atomic E-state index is 0.238. The van der Waals surface area contributed by atoms with Gasteiger partial charge in [-0.2, -0.15) is 0 Å². The molecule has 0 spiro atoms. The molecule has 0 radical (unpaired) electrons. The van der Waals surface area contributed by atoms with Gasteiger partial charge in [-0.15, -0.1) is 11.3 Å². The van der Waals surface area contributed by atoms with Gasteiger partial charge >= 0.3 is 0 Å². The van der Waals surface area contributed by atoms with E-state index >= 15 is 0 Å². The summed E-state index contributed by atoms with van der Waals surface area (Å²) in [5, 5.41) is 3.31. The van der Waals surface area contributed by atoms with Crippen LogP contribution < -0.4 is 10.1 Å². The van der Waals surface area contributed by atoms with E-state index in [1.54, 1.807) is 25.4 Å². The molecule has 0 unspecified atom stereocenters. The average Bonchev–Trinajstić information content (AvgIpc) is 2.85. The number of hydrogen-bond donors (Lipinski definition) is 1. The Bertz CT molecular complexity index is 586. The fourth-order valence-corrected chi connectivity index (χ4v) is 2.10. The second-order valence-corrected chi connectivity index (χ2v) is 5.19. The number of carbonyl (C=O) groups is 1. The first-order valence-corrected chi connectivity index (χ1v) is 6.82. The topological polar surface area (TPSA) is 73.3 Å². The average molecular weight is 293 g/mol. The number of ether oxygens (including phenoxy) is 2. The molecular formula is C13H15N3O3S. The molecule has 0 saturated carbocycles. The summed E-state index contributed by atoms with van der Waals surface area (Å²) in [6.07, 6.45) is 3.25. The number of aryl methyl sites for hydroxylation is 1. The summed E-state index contributed by atoms with van der Waals surface area (Å²) in [5.74, 6) is 0.156. The lowest BCUT2D eigenvalue weighted by atomic mass is 10.2. The number of thiazole rings is 1. The summed E-state index contributed by atoms with van der Waals surface area (Å²) in [6.45, 7) is 2.79. The standard InChI is InChI=1S/C13H15N3O3S/c1-9-8-15-13(20-9)16-12(17)10-3-4-14-11(7-10)19-6-5-18-2/h3-4,7-8H,5-6H2,1-2H3,(H,15,16,17). The van der Waals surface area contributed by atoms with E-state index in [9.17, 15) is 4.79 Å². The van der Waals surface area contributed by atoms with Crippen LogP contribution in [0.4, 0.5) is 5.13 Å². The van der Waals surface area contributed by atoms with Crippen molar-refractivity contribution in [1.82, 2.24) is 9.97 Å². The molecule has 106 valence electrons. The van der Waals surface area contributed by atoms with Crippen LogP contribution in [0, 0.1) is 6.92 Å². The number of amides is 1. The number of methoxy groups -OCH3 is 1. The predicted molar refractivity (Wildman–Crippen MR) is 76.4 cm³/mol. The van der Waals surface area contributed by atoms with Crippen molar-refractivity contribution in [3.63, 3.8) is 0 Å². The molecule has 2 aromatic rings. The number of nitrogens with zero attached hydrogens (tertiary/aromatic N) is 2. The maximum Gasteiger partial charge on any atom is 0.257 e. The molecule has 0 atom stereocenters. The molecule has 7 heteroatoms. The second kappa shape index (κ2) is 6.97. The Morgan fingerprint density at radius 2 is 2.25 bits per heavy atom. The minimum atomic E-state index is -0.238. The van der Waals surface area contributed by atoms with Crippen molar-refractivity contribution in [2.45, 2.75) is 6.92 Å². The van der Waals surface area contributed by atoms with Crippen LogP contribution in [0.2, 0.25) is 0 Å². The molecule has 0 fully saturated rings. The van der Waals surface area contributed by atoms with Crippen molar-refractivity contribution < 1.29 is 14.3 Å². The molecule has 2 rings (SSSR count). The smallest absolute Gasteiger partial charge is 0.257 e. The summed E-state index contributed by atoms with van der Waals surface area (Å²) in [4.78, 5) is 21.2. The van der Waals surface area contributed by atoms with E-state index in [1.807, 2.05) is 6.92 Å². The maximum absolute atomic E-state index is 12.1. The minimum Gasteiger partial charge on any atom is -0.475 e. The van der Waals surface area contributed by atoms with Crippen molar-refractivity contribution in [1.29, 1.82) is 0 Å². The molecule has 0 aromatic carbocycles. The molecule has 0 aliphatic heterocycles. The van der Waals surface area contributed by atoms with Gasteiger partial charge < -0.3 is 9.47 Å². The lowest BCUT2D eigenvalue weighted by molar-refractivity contribution is 0.102. The van der Waals surface area contributed by atoms with Crippen molar-refractivity contribution in [3.05, 3.63) is 35.0 Å². The van der Waals surface area contributed by atoms with E-state index in [1.165, 1.54) is 17.5 Å². The number of rotatable bonds is 6. The summed E-state index contributed by atoms with van der Waals surface area (Å²) >= 11 is 1.43. The largest absolute Gasteiger partial charge is 0.475 e. The summed E-state index contributed by atoms with van der Waals surface area (Å²) in [6, 6.07) is 3.21. The normalized spacial score (nSPS) is 10.3. The van der Waals surface area contributed by atoms with Gasteiger partial charge in [0.25, 0.3) is 5.91 Å². The first-order valence-electron chi connectivity index (χ1n) is 6.00. The Balaban J connectivity index is 2.00. The zero-order valence-corrected chi connectivity index (χ0v) is 12.1. The first-order chi connectivity index (χ1) is 9.69. The van der Waals surface area contributed by atoms with E-state index < -0.39 is 0 Å². The van der Waals surface area contributed by atoms with E-state index in [4.69, 9.17) is 9.47 Å². The highest BCUT2D eigenvalue weighted by atomic mass is 32.1.